The Morgan fingerprint density at radius 3 is 3.09 bits per heavy atom. The highest BCUT2D eigenvalue weighted by Crippen LogP contribution is 2.40. The van der Waals surface area contributed by atoms with Gasteiger partial charge in [0.15, 0.2) is 0 Å². The van der Waals surface area contributed by atoms with E-state index in [2.05, 4.69) is 22.1 Å². The number of hydrogen-bond acceptors (Lipinski definition) is 4. The normalized spacial score (nSPS) is 13.9. The van der Waals surface area contributed by atoms with Crippen molar-refractivity contribution < 1.29 is 9.53 Å². The molecule has 4 nitrogen and oxygen atoms in total. The Morgan fingerprint density at radius 1 is 1.45 bits per heavy atom. The van der Waals surface area contributed by atoms with E-state index in [9.17, 15) is 4.79 Å². The fourth-order valence-corrected chi connectivity index (χ4v) is 3.74. The molecule has 0 radical (unpaired) electrons. The second-order valence-electron chi connectivity index (χ2n) is 4.98. The van der Waals surface area contributed by atoms with Crippen molar-refractivity contribution in [3.05, 3.63) is 23.1 Å². The Morgan fingerprint density at radius 2 is 2.32 bits per heavy atom. The summed E-state index contributed by atoms with van der Waals surface area (Å²) >= 11 is 1.53. The quantitative estimate of drug-likeness (QED) is 0.886. The summed E-state index contributed by atoms with van der Waals surface area (Å²) in [6, 6.07) is 6.01. The van der Waals surface area contributed by atoms with Crippen molar-refractivity contribution in [1.29, 1.82) is 0 Å². The van der Waals surface area contributed by atoms with E-state index in [1.807, 2.05) is 32.0 Å². The third-order valence-corrected chi connectivity index (χ3v) is 4.74. The Labute approximate surface area is 134 Å². The van der Waals surface area contributed by atoms with E-state index in [4.69, 9.17) is 4.74 Å². The highest BCUT2D eigenvalue weighted by Gasteiger charge is 2.25. The number of nitrogens with zero attached hydrogens (tertiary/aromatic N) is 1. The molecular weight excluding hydrogens is 296 g/mol. The molecule has 0 atom stereocenters. The number of thiophene rings is 1. The van der Waals surface area contributed by atoms with Crippen LogP contribution in [-0.4, -0.2) is 32.1 Å². The van der Waals surface area contributed by atoms with E-state index in [0.717, 1.165) is 32.9 Å². The van der Waals surface area contributed by atoms with E-state index < -0.39 is 0 Å². The second-order valence-corrected chi connectivity index (χ2v) is 6.03. The smallest absolute Gasteiger partial charge is 0.263 e. The molecule has 1 aromatic heterocycles. The van der Waals surface area contributed by atoms with Crippen LogP contribution in [0.2, 0.25) is 0 Å². The van der Waals surface area contributed by atoms with Crippen LogP contribution in [0, 0.1) is 11.8 Å². The van der Waals surface area contributed by atoms with Crippen LogP contribution in [0.1, 0.15) is 23.5 Å². The van der Waals surface area contributed by atoms with Crippen LogP contribution in [0.3, 0.4) is 0 Å². The SMILES string of the molecule is CC#CCN1CCNC(=O)c2sc3ccc(OCC)cc3c21. The van der Waals surface area contributed by atoms with Gasteiger partial charge in [-0.15, -0.1) is 17.3 Å². The van der Waals surface area contributed by atoms with Gasteiger partial charge in [-0.05, 0) is 32.0 Å². The van der Waals surface area contributed by atoms with Gasteiger partial charge in [0.1, 0.15) is 10.6 Å². The average Bonchev–Trinajstić information content (AvgIpc) is 2.82. The van der Waals surface area contributed by atoms with Gasteiger partial charge in [0, 0.05) is 23.2 Å². The second kappa shape index (κ2) is 6.29. The molecule has 1 aromatic carbocycles. The number of amides is 1. The first kappa shape index (κ1) is 14.7. The van der Waals surface area contributed by atoms with Crippen molar-refractivity contribution >= 4 is 33.0 Å². The Balaban J connectivity index is 2.16. The number of hydrogen-bond donors (Lipinski definition) is 1. The van der Waals surface area contributed by atoms with E-state index in [1.165, 1.54) is 11.3 Å². The fourth-order valence-electron chi connectivity index (χ4n) is 2.62. The molecule has 2 aromatic rings. The van der Waals surface area contributed by atoms with Crippen LogP contribution < -0.4 is 15.0 Å². The maximum atomic E-state index is 12.3. The van der Waals surface area contributed by atoms with Crippen molar-refractivity contribution in [2.45, 2.75) is 13.8 Å². The summed E-state index contributed by atoms with van der Waals surface area (Å²) in [6.07, 6.45) is 0. The van der Waals surface area contributed by atoms with Gasteiger partial charge in [0.25, 0.3) is 5.91 Å². The zero-order valence-electron chi connectivity index (χ0n) is 12.7. The van der Waals surface area contributed by atoms with Gasteiger partial charge in [0.05, 0.1) is 18.8 Å². The molecule has 5 heteroatoms. The zero-order chi connectivity index (χ0) is 15.5. The lowest BCUT2D eigenvalue weighted by Gasteiger charge is -2.20. The van der Waals surface area contributed by atoms with Crippen LogP contribution in [0.15, 0.2) is 18.2 Å². The molecule has 1 aliphatic heterocycles. The lowest BCUT2D eigenvalue weighted by Crippen LogP contribution is -2.30. The van der Waals surface area contributed by atoms with Crippen LogP contribution >= 0.6 is 11.3 Å². The zero-order valence-corrected chi connectivity index (χ0v) is 13.5. The minimum absolute atomic E-state index is 0.00103. The van der Waals surface area contributed by atoms with Crippen LogP contribution in [0.4, 0.5) is 5.69 Å². The maximum Gasteiger partial charge on any atom is 0.263 e. The summed E-state index contributed by atoms with van der Waals surface area (Å²) in [6.45, 7) is 6.46. The Hall–Kier alpha value is -2.19. The summed E-state index contributed by atoms with van der Waals surface area (Å²) in [5, 5.41) is 4.03. The molecular formula is C17H18N2O2S. The third kappa shape index (κ3) is 2.62. The average molecular weight is 314 g/mol. The van der Waals surface area contributed by atoms with Gasteiger partial charge in [-0.2, -0.15) is 0 Å². The molecule has 1 aliphatic rings. The lowest BCUT2D eigenvalue weighted by molar-refractivity contribution is 0.0962. The molecule has 0 saturated carbocycles. The van der Waals surface area contributed by atoms with Gasteiger partial charge in [-0.3, -0.25) is 4.79 Å². The lowest BCUT2D eigenvalue weighted by atomic mass is 10.2. The molecule has 0 fully saturated rings. The molecule has 0 bridgehead atoms. The first-order valence-electron chi connectivity index (χ1n) is 7.36. The van der Waals surface area contributed by atoms with Crippen molar-refractivity contribution in [1.82, 2.24) is 5.32 Å². The van der Waals surface area contributed by atoms with E-state index in [-0.39, 0.29) is 5.91 Å². The van der Waals surface area contributed by atoms with Crippen LogP contribution in [0.25, 0.3) is 10.1 Å². The van der Waals surface area contributed by atoms with E-state index in [0.29, 0.717) is 19.7 Å². The third-order valence-electron chi connectivity index (χ3n) is 3.58. The molecule has 0 spiro atoms. The summed E-state index contributed by atoms with van der Waals surface area (Å²) < 4.78 is 6.70. The molecule has 0 saturated heterocycles. The minimum atomic E-state index is 0.00103. The monoisotopic (exact) mass is 314 g/mol. The summed E-state index contributed by atoms with van der Waals surface area (Å²) in [4.78, 5) is 15.3. The largest absolute Gasteiger partial charge is 0.494 e. The predicted molar refractivity (Wildman–Crippen MR) is 91.0 cm³/mol. The standard InChI is InChI=1S/C17H18N2O2S/c1-3-5-9-19-10-8-18-17(20)16-15(19)13-11-12(21-4-2)6-7-14(13)22-16/h6-7,11H,4,8-10H2,1-2H3,(H,18,20). The molecule has 1 N–H and O–H groups in total. The Bertz CT molecular complexity index is 770. The number of nitrogens with one attached hydrogen (secondary N) is 1. The van der Waals surface area contributed by atoms with Gasteiger partial charge < -0.3 is 15.0 Å². The van der Waals surface area contributed by atoms with Gasteiger partial charge >= 0.3 is 0 Å². The molecule has 114 valence electrons. The minimum Gasteiger partial charge on any atom is -0.494 e. The fraction of sp³-hybridized carbons (Fsp3) is 0.353. The van der Waals surface area contributed by atoms with Gasteiger partial charge in [-0.1, -0.05) is 5.92 Å². The number of carbonyl (C=O) groups excluding carboxylic acids is 1. The summed E-state index contributed by atoms with van der Waals surface area (Å²) in [5.41, 5.74) is 0.985. The summed E-state index contributed by atoms with van der Waals surface area (Å²) in [5.74, 6) is 6.87. The highest BCUT2D eigenvalue weighted by molar-refractivity contribution is 7.21. The number of fused-ring (bicyclic) bond motifs is 3. The van der Waals surface area contributed by atoms with Crippen LogP contribution in [0.5, 0.6) is 5.75 Å². The first-order chi connectivity index (χ1) is 10.7. The number of ether oxygens (including phenoxy) is 1. The highest BCUT2D eigenvalue weighted by atomic mass is 32.1. The molecule has 0 unspecified atom stereocenters. The van der Waals surface area contributed by atoms with Crippen molar-refractivity contribution in [3.63, 3.8) is 0 Å². The molecule has 2 heterocycles. The first-order valence-corrected chi connectivity index (χ1v) is 8.18. The Kier molecular flexibility index (Phi) is 4.21. The number of benzene rings is 1. The van der Waals surface area contributed by atoms with Crippen molar-refractivity contribution in [3.8, 4) is 17.6 Å². The topological polar surface area (TPSA) is 41.6 Å². The maximum absolute atomic E-state index is 12.3. The van der Waals surface area contributed by atoms with Crippen molar-refractivity contribution in [2.24, 2.45) is 0 Å². The van der Waals surface area contributed by atoms with Crippen LogP contribution in [-0.2, 0) is 0 Å². The number of carbonyl (C=O) groups is 1. The van der Waals surface area contributed by atoms with Gasteiger partial charge in [0.2, 0.25) is 0 Å². The molecule has 0 aliphatic carbocycles. The molecule has 22 heavy (non-hydrogen) atoms. The molecule has 3 rings (SSSR count). The molecule has 1 amide bonds. The number of anilines is 1. The van der Waals surface area contributed by atoms with E-state index >= 15 is 0 Å². The number of rotatable bonds is 3. The predicted octanol–water partition coefficient (Wildman–Crippen LogP) is 2.87. The van der Waals surface area contributed by atoms with Crippen molar-refractivity contribution in [2.75, 3.05) is 31.1 Å². The van der Waals surface area contributed by atoms with E-state index in [1.54, 1.807) is 0 Å². The van der Waals surface area contributed by atoms with Gasteiger partial charge in [-0.25, -0.2) is 0 Å². The summed E-state index contributed by atoms with van der Waals surface area (Å²) in [7, 11) is 0.